The highest BCUT2D eigenvalue weighted by atomic mass is 16.6. The minimum absolute atomic E-state index is 0.184. The Morgan fingerprint density at radius 2 is 1.77 bits per heavy atom. The predicted molar refractivity (Wildman–Crippen MR) is 103 cm³/mol. The molecule has 5 heteroatoms. The molecule has 0 aromatic heterocycles. The molecule has 0 atom stereocenters. The fourth-order valence-electron chi connectivity index (χ4n) is 3.20. The van der Waals surface area contributed by atoms with Gasteiger partial charge in [0.05, 0.1) is 0 Å². The first-order valence-electron chi connectivity index (χ1n) is 9.50. The van der Waals surface area contributed by atoms with Gasteiger partial charge in [-0.1, -0.05) is 30.3 Å². The number of aryl methyl sites for hydroxylation is 1. The molecule has 0 aliphatic carbocycles. The van der Waals surface area contributed by atoms with Crippen LogP contribution in [0.25, 0.3) is 0 Å². The van der Waals surface area contributed by atoms with Crippen LogP contribution in [0, 0.1) is 5.92 Å². The molecule has 0 bridgehead atoms. The minimum Gasteiger partial charge on any atom is -0.444 e. The van der Waals surface area contributed by atoms with E-state index in [1.54, 1.807) is 4.90 Å². The molecule has 1 aliphatic rings. The largest absolute Gasteiger partial charge is 0.444 e. The van der Waals surface area contributed by atoms with E-state index in [0.717, 1.165) is 25.8 Å². The summed E-state index contributed by atoms with van der Waals surface area (Å²) in [5, 5.41) is 0. The molecular weight excluding hydrogens is 328 g/mol. The third-order valence-electron chi connectivity index (χ3n) is 4.69. The van der Waals surface area contributed by atoms with Crippen LogP contribution in [-0.4, -0.2) is 54.1 Å². The molecule has 1 aromatic carbocycles. The van der Waals surface area contributed by atoms with Crippen molar-refractivity contribution in [2.75, 3.05) is 26.7 Å². The van der Waals surface area contributed by atoms with E-state index in [9.17, 15) is 9.59 Å². The molecule has 0 spiro atoms. The lowest BCUT2D eigenvalue weighted by Gasteiger charge is -2.34. The number of carbonyl (C=O) groups excluding carboxylic acids is 2. The van der Waals surface area contributed by atoms with Crippen molar-refractivity contribution in [3.63, 3.8) is 0 Å². The summed E-state index contributed by atoms with van der Waals surface area (Å²) in [6.45, 7) is 7.81. The number of amides is 2. The molecule has 0 unspecified atom stereocenters. The Hall–Kier alpha value is -2.04. The van der Waals surface area contributed by atoms with Crippen LogP contribution in [0.2, 0.25) is 0 Å². The summed E-state index contributed by atoms with van der Waals surface area (Å²) in [5.41, 5.74) is 0.735. The van der Waals surface area contributed by atoms with Crippen molar-refractivity contribution in [2.45, 2.75) is 52.1 Å². The van der Waals surface area contributed by atoms with Crippen molar-refractivity contribution in [1.82, 2.24) is 9.80 Å². The molecule has 1 saturated heterocycles. The van der Waals surface area contributed by atoms with Gasteiger partial charge in [-0.15, -0.1) is 0 Å². The van der Waals surface area contributed by atoms with Crippen molar-refractivity contribution in [1.29, 1.82) is 0 Å². The zero-order chi connectivity index (χ0) is 19.2. The quantitative estimate of drug-likeness (QED) is 0.804. The summed E-state index contributed by atoms with van der Waals surface area (Å²) in [6.07, 6.45) is 2.91. The summed E-state index contributed by atoms with van der Waals surface area (Å²) >= 11 is 0. The summed E-state index contributed by atoms with van der Waals surface area (Å²) in [7, 11) is 1.88. The van der Waals surface area contributed by atoms with E-state index in [-0.39, 0.29) is 12.0 Å². The molecule has 144 valence electrons. The number of benzene rings is 1. The van der Waals surface area contributed by atoms with Gasteiger partial charge < -0.3 is 14.5 Å². The van der Waals surface area contributed by atoms with Crippen LogP contribution in [0.15, 0.2) is 30.3 Å². The van der Waals surface area contributed by atoms with Crippen LogP contribution < -0.4 is 0 Å². The van der Waals surface area contributed by atoms with Gasteiger partial charge in [-0.2, -0.15) is 0 Å². The minimum atomic E-state index is -0.459. The average Bonchev–Trinajstić information content (AvgIpc) is 2.59. The summed E-state index contributed by atoms with van der Waals surface area (Å²) in [6, 6.07) is 10.1. The van der Waals surface area contributed by atoms with E-state index >= 15 is 0 Å². The molecule has 0 N–H and O–H groups in total. The Labute approximate surface area is 157 Å². The summed E-state index contributed by atoms with van der Waals surface area (Å²) in [5.74, 6) is 0.628. The van der Waals surface area contributed by atoms with Gasteiger partial charge in [0.25, 0.3) is 0 Å². The highest BCUT2D eigenvalue weighted by Crippen LogP contribution is 2.20. The Balaban J connectivity index is 1.71. The lowest BCUT2D eigenvalue weighted by Crippen LogP contribution is -2.44. The van der Waals surface area contributed by atoms with Crippen molar-refractivity contribution in [3.05, 3.63) is 35.9 Å². The number of hydrogen-bond donors (Lipinski definition) is 0. The SMILES string of the molecule is CN(CC1CCN(C(=O)OC(C)(C)C)CC1)C(=O)CCc1ccccc1. The predicted octanol–water partition coefficient (Wildman–Crippen LogP) is 3.72. The topological polar surface area (TPSA) is 49.9 Å². The maximum atomic E-state index is 12.4. The van der Waals surface area contributed by atoms with Gasteiger partial charge in [0, 0.05) is 33.1 Å². The van der Waals surface area contributed by atoms with Crippen molar-refractivity contribution < 1.29 is 14.3 Å². The monoisotopic (exact) mass is 360 g/mol. The van der Waals surface area contributed by atoms with Gasteiger partial charge in [-0.05, 0) is 51.5 Å². The number of ether oxygens (including phenoxy) is 1. The highest BCUT2D eigenvalue weighted by Gasteiger charge is 2.27. The molecule has 1 fully saturated rings. The van der Waals surface area contributed by atoms with Crippen molar-refractivity contribution in [2.24, 2.45) is 5.92 Å². The van der Waals surface area contributed by atoms with Crippen LogP contribution in [0.4, 0.5) is 4.79 Å². The van der Waals surface area contributed by atoms with Gasteiger partial charge in [0.1, 0.15) is 5.60 Å². The second-order valence-electron chi connectivity index (χ2n) is 8.17. The molecule has 5 nitrogen and oxygen atoms in total. The summed E-state index contributed by atoms with van der Waals surface area (Å²) < 4.78 is 5.43. The number of carbonyl (C=O) groups is 2. The maximum absolute atomic E-state index is 12.4. The van der Waals surface area contributed by atoms with Gasteiger partial charge in [-0.25, -0.2) is 4.79 Å². The third-order valence-corrected chi connectivity index (χ3v) is 4.69. The van der Waals surface area contributed by atoms with E-state index in [1.165, 1.54) is 5.56 Å². The van der Waals surface area contributed by atoms with Gasteiger partial charge in [0.15, 0.2) is 0 Å². The zero-order valence-corrected chi connectivity index (χ0v) is 16.5. The molecule has 26 heavy (non-hydrogen) atoms. The lowest BCUT2D eigenvalue weighted by atomic mass is 9.96. The molecule has 1 heterocycles. The van der Waals surface area contributed by atoms with Crippen molar-refractivity contribution in [3.8, 4) is 0 Å². The first kappa shape index (κ1) is 20.3. The summed E-state index contributed by atoms with van der Waals surface area (Å²) in [4.78, 5) is 28.1. The zero-order valence-electron chi connectivity index (χ0n) is 16.5. The second kappa shape index (κ2) is 9.06. The Kier molecular flexibility index (Phi) is 7.06. The van der Waals surface area contributed by atoms with E-state index in [0.29, 0.717) is 25.4 Å². The van der Waals surface area contributed by atoms with E-state index in [1.807, 2.05) is 50.9 Å². The number of hydrogen-bond acceptors (Lipinski definition) is 3. The molecule has 2 amide bonds. The lowest BCUT2D eigenvalue weighted by molar-refractivity contribution is -0.130. The second-order valence-corrected chi connectivity index (χ2v) is 8.17. The first-order valence-corrected chi connectivity index (χ1v) is 9.50. The van der Waals surface area contributed by atoms with Gasteiger partial charge in [-0.3, -0.25) is 4.79 Å². The molecular formula is C21H32N2O3. The Morgan fingerprint density at radius 1 is 1.15 bits per heavy atom. The maximum Gasteiger partial charge on any atom is 0.410 e. The molecule has 1 aliphatic heterocycles. The third kappa shape index (κ3) is 6.70. The smallest absolute Gasteiger partial charge is 0.410 e. The van der Waals surface area contributed by atoms with Crippen LogP contribution in [0.1, 0.15) is 45.6 Å². The number of rotatable bonds is 5. The molecule has 2 rings (SSSR count). The van der Waals surface area contributed by atoms with Gasteiger partial charge >= 0.3 is 6.09 Å². The normalized spacial score (nSPS) is 15.6. The number of nitrogens with zero attached hydrogens (tertiary/aromatic N) is 2. The van der Waals surface area contributed by atoms with E-state index in [4.69, 9.17) is 4.74 Å². The van der Waals surface area contributed by atoms with E-state index in [2.05, 4.69) is 12.1 Å². The fourth-order valence-corrected chi connectivity index (χ4v) is 3.20. The van der Waals surface area contributed by atoms with E-state index < -0.39 is 5.60 Å². The van der Waals surface area contributed by atoms with Crippen LogP contribution in [0.3, 0.4) is 0 Å². The fraction of sp³-hybridized carbons (Fsp3) is 0.619. The molecule has 0 saturated carbocycles. The highest BCUT2D eigenvalue weighted by molar-refractivity contribution is 5.76. The molecule has 0 radical (unpaired) electrons. The average molecular weight is 360 g/mol. The van der Waals surface area contributed by atoms with Crippen LogP contribution in [0.5, 0.6) is 0 Å². The van der Waals surface area contributed by atoms with Gasteiger partial charge in [0.2, 0.25) is 5.91 Å². The number of likely N-dealkylation sites (tertiary alicyclic amines) is 1. The standard InChI is InChI=1S/C21H32N2O3/c1-21(2,3)26-20(25)23-14-12-18(13-15-23)16-22(4)19(24)11-10-17-8-6-5-7-9-17/h5-9,18H,10-16H2,1-4H3. The van der Waals surface area contributed by atoms with Crippen LogP contribution >= 0.6 is 0 Å². The Morgan fingerprint density at radius 3 is 2.35 bits per heavy atom. The van der Waals surface area contributed by atoms with Crippen molar-refractivity contribution >= 4 is 12.0 Å². The molecule has 1 aromatic rings. The first-order chi connectivity index (χ1) is 12.2. The number of piperidine rings is 1. The van der Waals surface area contributed by atoms with Crippen LogP contribution in [-0.2, 0) is 16.0 Å². The Bertz CT molecular complexity index is 587.